The molecule has 1 amide bonds. The number of hydrogen-bond acceptors (Lipinski definition) is 3. The lowest BCUT2D eigenvalue weighted by molar-refractivity contribution is -0.135. The summed E-state index contributed by atoms with van der Waals surface area (Å²) >= 11 is 0. The maximum atomic E-state index is 12.4. The van der Waals surface area contributed by atoms with E-state index in [4.69, 9.17) is 9.47 Å². The summed E-state index contributed by atoms with van der Waals surface area (Å²) in [4.78, 5) is 12.4. The smallest absolute Gasteiger partial charge is 0.226 e. The van der Waals surface area contributed by atoms with Gasteiger partial charge in [-0.05, 0) is 37.2 Å². The van der Waals surface area contributed by atoms with Crippen molar-refractivity contribution >= 4 is 5.91 Å². The molecule has 120 valence electrons. The van der Waals surface area contributed by atoms with Gasteiger partial charge in [-0.1, -0.05) is 30.3 Å². The van der Waals surface area contributed by atoms with E-state index in [2.05, 4.69) is 5.32 Å². The standard InChI is InChI=1S/C18H25NO3/c20-18(19-10-12-21-13-14-8-9-14)16-7-4-11-22-17(16)15-5-2-1-3-6-15/h1-3,5-6,14,16-17H,4,7-13H2,(H,19,20). The molecule has 0 radical (unpaired) electrons. The minimum Gasteiger partial charge on any atom is -0.379 e. The number of benzene rings is 1. The van der Waals surface area contributed by atoms with Gasteiger partial charge in [0.15, 0.2) is 0 Å². The number of carbonyl (C=O) groups excluding carboxylic acids is 1. The fourth-order valence-electron chi connectivity index (χ4n) is 2.93. The third-order valence-corrected chi connectivity index (χ3v) is 4.38. The molecule has 22 heavy (non-hydrogen) atoms. The van der Waals surface area contributed by atoms with E-state index in [0.717, 1.165) is 37.5 Å². The predicted octanol–water partition coefficient (Wildman–Crippen LogP) is 2.70. The zero-order chi connectivity index (χ0) is 15.2. The average Bonchev–Trinajstić information content (AvgIpc) is 3.39. The Morgan fingerprint density at radius 2 is 2.05 bits per heavy atom. The van der Waals surface area contributed by atoms with Crippen molar-refractivity contribution in [2.24, 2.45) is 11.8 Å². The van der Waals surface area contributed by atoms with Gasteiger partial charge in [-0.2, -0.15) is 0 Å². The number of amides is 1. The van der Waals surface area contributed by atoms with Crippen LogP contribution >= 0.6 is 0 Å². The molecule has 4 heteroatoms. The van der Waals surface area contributed by atoms with Gasteiger partial charge in [0.05, 0.1) is 18.6 Å². The highest BCUT2D eigenvalue weighted by Crippen LogP contribution is 2.33. The van der Waals surface area contributed by atoms with Crippen LogP contribution in [0.3, 0.4) is 0 Å². The van der Waals surface area contributed by atoms with Gasteiger partial charge in [0.25, 0.3) is 0 Å². The van der Waals surface area contributed by atoms with Crippen molar-refractivity contribution in [3.63, 3.8) is 0 Å². The molecule has 0 spiro atoms. The lowest BCUT2D eigenvalue weighted by Gasteiger charge is -2.31. The normalized spacial score (nSPS) is 24.9. The van der Waals surface area contributed by atoms with Gasteiger partial charge in [-0.25, -0.2) is 0 Å². The Kier molecular flexibility index (Phi) is 5.46. The summed E-state index contributed by atoms with van der Waals surface area (Å²) in [6.45, 7) is 2.76. The van der Waals surface area contributed by atoms with Crippen LogP contribution in [-0.4, -0.2) is 32.3 Å². The van der Waals surface area contributed by atoms with Gasteiger partial charge in [0, 0.05) is 19.8 Å². The van der Waals surface area contributed by atoms with E-state index < -0.39 is 0 Å². The number of nitrogens with one attached hydrogen (secondary N) is 1. The van der Waals surface area contributed by atoms with Gasteiger partial charge < -0.3 is 14.8 Å². The molecule has 2 aliphatic rings. The fraction of sp³-hybridized carbons (Fsp3) is 0.611. The molecule has 2 unspecified atom stereocenters. The molecule has 4 nitrogen and oxygen atoms in total. The fourth-order valence-corrected chi connectivity index (χ4v) is 2.93. The summed E-state index contributed by atoms with van der Waals surface area (Å²) in [7, 11) is 0. The van der Waals surface area contributed by atoms with Crippen molar-refractivity contribution in [3.8, 4) is 0 Å². The molecule has 2 atom stereocenters. The molecule has 0 bridgehead atoms. The Morgan fingerprint density at radius 3 is 2.82 bits per heavy atom. The highest BCUT2D eigenvalue weighted by atomic mass is 16.5. The summed E-state index contributed by atoms with van der Waals surface area (Å²) in [5.41, 5.74) is 1.09. The van der Waals surface area contributed by atoms with Crippen LogP contribution in [0.1, 0.15) is 37.4 Å². The van der Waals surface area contributed by atoms with Gasteiger partial charge in [0.2, 0.25) is 5.91 Å². The number of ether oxygens (including phenoxy) is 2. The maximum absolute atomic E-state index is 12.4. The lowest BCUT2D eigenvalue weighted by Crippen LogP contribution is -2.39. The molecule has 1 aromatic rings. The minimum atomic E-state index is -0.123. The van der Waals surface area contributed by atoms with E-state index in [9.17, 15) is 4.79 Å². The molecule has 2 fully saturated rings. The molecule has 1 N–H and O–H groups in total. The van der Waals surface area contributed by atoms with Crippen LogP contribution in [0.4, 0.5) is 0 Å². The molecular weight excluding hydrogens is 278 g/mol. The molecule has 1 saturated carbocycles. The summed E-state index contributed by atoms with van der Waals surface area (Å²) < 4.78 is 11.4. The van der Waals surface area contributed by atoms with Crippen molar-refractivity contribution < 1.29 is 14.3 Å². The van der Waals surface area contributed by atoms with Crippen LogP contribution in [0.5, 0.6) is 0 Å². The summed E-state index contributed by atoms with van der Waals surface area (Å²) in [6, 6.07) is 10.0. The molecule has 1 aliphatic carbocycles. The van der Waals surface area contributed by atoms with Crippen molar-refractivity contribution in [3.05, 3.63) is 35.9 Å². The summed E-state index contributed by atoms with van der Waals surface area (Å²) in [5.74, 6) is 0.757. The highest BCUT2D eigenvalue weighted by molar-refractivity contribution is 5.79. The third-order valence-electron chi connectivity index (χ3n) is 4.38. The number of carbonyl (C=O) groups is 1. The third kappa shape index (κ3) is 4.31. The van der Waals surface area contributed by atoms with Crippen LogP contribution < -0.4 is 5.32 Å². The van der Waals surface area contributed by atoms with Crippen LogP contribution in [0.25, 0.3) is 0 Å². The predicted molar refractivity (Wildman–Crippen MR) is 84.4 cm³/mol. The summed E-state index contributed by atoms with van der Waals surface area (Å²) in [5, 5.41) is 3.00. The lowest BCUT2D eigenvalue weighted by atomic mass is 9.89. The Balaban J connectivity index is 1.48. The van der Waals surface area contributed by atoms with E-state index in [-0.39, 0.29) is 17.9 Å². The topological polar surface area (TPSA) is 47.6 Å². The molecule has 1 heterocycles. The first kappa shape index (κ1) is 15.5. The van der Waals surface area contributed by atoms with E-state index in [0.29, 0.717) is 13.2 Å². The first-order valence-corrected chi connectivity index (χ1v) is 8.36. The molecule has 0 aromatic heterocycles. The van der Waals surface area contributed by atoms with Crippen molar-refractivity contribution in [1.29, 1.82) is 0 Å². The molecule has 1 saturated heterocycles. The highest BCUT2D eigenvalue weighted by Gasteiger charge is 2.32. The van der Waals surface area contributed by atoms with Crippen LogP contribution in [-0.2, 0) is 14.3 Å². The zero-order valence-electron chi connectivity index (χ0n) is 13.0. The summed E-state index contributed by atoms with van der Waals surface area (Å²) in [6.07, 6.45) is 4.30. The largest absolute Gasteiger partial charge is 0.379 e. The molecule has 3 rings (SSSR count). The van der Waals surface area contributed by atoms with Gasteiger partial charge in [-0.15, -0.1) is 0 Å². The number of rotatable bonds is 7. The van der Waals surface area contributed by atoms with Gasteiger partial charge in [-0.3, -0.25) is 4.79 Å². The molecule has 1 aliphatic heterocycles. The second-order valence-electron chi connectivity index (χ2n) is 6.26. The number of hydrogen-bond donors (Lipinski definition) is 1. The zero-order valence-corrected chi connectivity index (χ0v) is 13.0. The monoisotopic (exact) mass is 303 g/mol. The van der Waals surface area contributed by atoms with E-state index in [1.54, 1.807) is 0 Å². The van der Waals surface area contributed by atoms with Crippen molar-refractivity contribution in [1.82, 2.24) is 5.32 Å². The van der Waals surface area contributed by atoms with Gasteiger partial charge in [0.1, 0.15) is 0 Å². The Hall–Kier alpha value is -1.39. The van der Waals surface area contributed by atoms with Crippen LogP contribution in [0.2, 0.25) is 0 Å². The second-order valence-corrected chi connectivity index (χ2v) is 6.26. The first-order chi connectivity index (χ1) is 10.8. The Bertz CT molecular complexity index is 472. The minimum absolute atomic E-state index is 0.0866. The average molecular weight is 303 g/mol. The van der Waals surface area contributed by atoms with Crippen molar-refractivity contribution in [2.45, 2.75) is 31.8 Å². The van der Waals surface area contributed by atoms with Crippen LogP contribution in [0.15, 0.2) is 30.3 Å². The van der Waals surface area contributed by atoms with Gasteiger partial charge >= 0.3 is 0 Å². The van der Waals surface area contributed by atoms with Crippen molar-refractivity contribution in [2.75, 3.05) is 26.4 Å². The first-order valence-electron chi connectivity index (χ1n) is 8.36. The van der Waals surface area contributed by atoms with E-state index in [1.807, 2.05) is 30.3 Å². The Labute approximate surface area is 132 Å². The maximum Gasteiger partial charge on any atom is 0.226 e. The molecular formula is C18H25NO3. The second kappa shape index (κ2) is 7.75. The SMILES string of the molecule is O=C(NCCOCC1CC1)C1CCCOC1c1ccccc1. The Morgan fingerprint density at radius 1 is 1.23 bits per heavy atom. The van der Waals surface area contributed by atoms with E-state index >= 15 is 0 Å². The van der Waals surface area contributed by atoms with Crippen LogP contribution in [0, 0.1) is 11.8 Å². The van der Waals surface area contributed by atoms with E-state index in [1.165, 1.54) is 12.8 Å². The molecule has 1 aromatic carbocycles. The quantitative estimate of drug-likeness (QED) is 0.788.